The van der Waals surface area contributed by atoms with Gasteiger partial charge in [-0.05, 0) is 46.5 Å². The van der Waals surface area contributed by atoms with Crippen molar-refractivity contribution in [1.29, 1.82) is 0 Å². The molecule has 0 unspecified atom stereocenters. The average molecular weight is 407 g/mol. The highest BCUT2D eigenvalue weighted by Gasteiger charge is 2.33. The summed E-state index contributed by atoms with van der Waals surface area (Å²) in [7, 11) is 0. The van der Waals surface area contributed by atoms with Crippen molar-refractivity contribution in [2.45, 2.75) is 5.92 Å². The Bertz CT molecular complexity index is 953. The molecule has 0 spiro atoms. The first-order valence-corrected chi connectivity index (χ1v) is 8.98. The second-order valence-corrected chi connectivity index (χ2v) is 6.97. The summed E-state index contributed by atoms with van der Waals surface area (Å²) in [6.45, 7) is 0. The average Bonchev–Trinajstić information content (AvgIpc) is 3.01. The summed E-state index contributed by atoms with van der Waals surface area (Å²) in [5.41, 5.74) is 9.56. The molecule has 3 aromatic rings. The number of nitrogens with one attached hydrogen (secondary N) is 2. The van der Waals surface area contributed by atoms with Crippen LogP contribution in [0.1, 0.15) is 27.4 Å². The molecule has 1 aliphatic rings. The van der Waals surface area contributed by atoms with Crippen molar-refractivity contribution in [3.8, 4) is 11.1 Å². The van der Waals surface area contributed by atoms with E-state index in [1.807, 2.05) is 48.5 Å². The smallest absolute Gasteiger partial charge is 0.269 e. The standard InChI is InChI=1S/C21H15BrN2O2/c22-14-11-9-13(10-12-14)20(25)23-24-21(26)19-17-7-3-1-5-15(17)16-6-2-4-8-18(16)19/h1-12,19H,(H,23,25)(H,24,26). The minimum Gasteiger partial charge on any atom is -0.272 e. The van der Waals surface area contributed by atoms with Crippen LogP contribution < -0.4 is 10.9 Å². The molecule has 0 saturated carbocycles. The molecular formula is C21H15BrN2O2. The molecule has 0 aromatic heterocycles. The van der Waals surface area contributed by atoms with Crippen LogP contribution in [-0.4, -0.2) is 11.8 Å². The summed E-state index contributed by atoms with van der Waals surface area (Å²) in [5.74, 6) is -1.05. The van der Waals surface area contributed by atoms with E-state index in [0.29, 0.717) is 5.56 Å². The van der Waals surface area contributed by atoms with Crippen LogP contribution in [0.2, 0.25) is 0 Å². The Morgan fingerprint density at radius 3 is 1.85 bits per heavy atom. The summed E-state index contributed by atoms with van der Waals surface area (Å²) in [6, 6.07) is 22.6. The lowest BCUT2D eigenvalue weighted by atomic mass is 9.96. The summed E-state index contributed by atoms with van der Waals surface area (Å²) < 4.78 is 0.886. The molecule has 0 atom stereocenters. The number of carbonyl (C=O) groups is 2. The molecule has 0 aliphatic heterocycles. The topological polar surface area (TPSA) is 58.2 Å². The van der Waals surface area contributed by atoms with E-state index >= 15 is 0 Å². The normalized spacial score (nSPS) is 12.2. The zero-order valence-corrected chi connectivity index (χ0v) is 15.3. The van der Waals surface area contributed by atoms with Gasteiger partial charge in [0.1, 0.15) is 0 Å². The van der Waals surface area contributed by atoms with E-state index in [1.165, 1.54) is 0 Å². The molecule has 128 valence electrons. The second-order valence-electron chi connectivity index (χ2n) is 6.06. The van der Waals surface area contributed by atoms with E-state index in [9.17, 15) is 9.59 Å². The van der Waals surface area contributed by atoms with E-state index in [0.717, 1.165) is 26.7 Å². The van der Waals surface area contributed by atoms with Crippen molar-refractivity contribution < 1.29 is 9.59 Å². The number of hydrogen-bond acceptors (Lipinski definition) is 2. The zero-order chi connectivity index (χ0) is 18.1. The lowest BCUT2D eigenvalue weighted by Crippen LogP contribution is -2.43. The molecule has 4 rings (SSSR count). The molecule has 4 nitrogen and oxygen atoms in total. The number of fused-ring (bicyclic) bond motifs is 3. The van der Waals surface area contributed by atoms with E-state index in [-0.39, 0.29) is 11.8 Å². The van der Waals surface area contributed by atoms with E-state index in [4.69, 9.17) is 0 Å². The van der Waals surface area contributed by atoms with Gasteiger partial charge in [-0.25, -0.2) is 0 Å². The van der Waals surface area contributed by atoms with Gasteiger partial charge >= 0.3 is 0 Å². The Balaban J connectivity index is 1.55. The van der Waals surface area contributed by atoms with Gasteiger partial charge in [0.2, 0.25) is 5.91 Å². The van der Waals surface area contributed by atoms with Gasteiger partial charge in [0, 0.05) is 10.0 Å². The van der Waals surface area contributed by atoms with Gasteiger partial charge in [0.25, 0.3) is 5.91 Å². The van der Waals surface area contributed by atoms with Crippen molar-refractivity contribution in [1.82, 2.24) is 10.9 Å². The lowest BCUT2D eigenvalue weighted by molar-refractivity contribution is -0.122. The highest BCUT2D eigenvalue weighted by molar-refractivity contribution is 9.10. The summed E-state index contributed by atoms with van der Waals surface area (Å²) in [4.78, 5) is 25.1. The van der Waals surface area contributed by atoms with Gasteiger partial charge in [-0.3, -0.25) is 20.4 Å². The zero-order valence-electron chi connectivity index (χ0n) is 13.7. The summed E-state index contributed by atoms with van der Waals surface area (Å²) in [5, 5.41) is 0. The second kappa shape index (κ2) is 6.77. The van der Waals surface area contributed by atoms with Crippen LogP contribution in [0.3, 0.4) is 0 Å². The number of benzene rings is 3. The number of rotatable bonds is 2. The van der Waals surface area contributed by atoms with Crippen molar-refractivity contribution in [2.75, 3.05) is 0 Å². The first-order chi connectivity index (χ1) is 12.6. The molecule has 2 N–H and O–H groups in total. The molecule has 5 heteroatoms. The molecule has 0 saturated heterocycles. The van der Waals surface area contributed by atoms with E-state index < -0.39 is 5.92 Å². The number of carbonyl (C=O) groups excluding carboxylic acids is 2. The number of hydrogen-bond donors (Lipinski definition) is 2. The minimum absolute atomic E-state index is 0.257. The molecule has 26 heavy (non-hydrogen) atoms. The third-order valence-electron chi connectivity index (χ3n) is 4.50. The maximum atomic E-state index is 12.8. The van der Waals surface area contributed by atoms with Crippen LogP contribution in [0.5, 0.6) is 0 Å². The van der Waals surface area contributed by atoms with Gasteiger partial charge in [-0.15, -0.1) is 0 Å². The first kappa shape index (κ1) is 16.5. The van der Waals surface area contributed by atoms with Crippen molar-refractivity contribution in [2.24, 2.45) is 0 Å². The molecule has 0 heterocycles. The van der Waals surface area contributed by atoms with Gasteiger partial charge in [-0.1, -0.05) is 64.5 Å². The monoisotopic (exact) mass is 406 g/mol. The summed E-state index contributed by atoms with van der Waals surface area (Å²) in [6.07, 6.45) is 0. The molecule has 0 radical (unpaired) electrons. The molecule has 2 amide bonds. The van der Waals surface area contributed by atoms with Crippen LogP contribution in [0, 0.1) is 0 Å². The fraction of sp³-hybridized carbons (Fsp3) is 0.0476. The molecule has 0 bridgehead atoms. The lowest BCUT2D eigenvalue weighted by Gasteiger charge is -2.14. The van der Waals surface area contributed by atoms with Gasteiger partial charge < -0.3 is 0 Å². The predicted octanol–water partition coefficient (Wildman–Crippen LogP) is 4.02. The number of halogens is 1. The Labute approximate surface area is 159 Å². The Morgan fingerprint density at radius 2 is 1.27 bits per heavy atom. The van der Waals surface area contributed by atoms with Crippen molar-refractivity contribution in [3.63, 3.8) is 0 Å². The predicted molar refractivity (Wildman–Crippen MR) is 103 cm³/mol. The van der Waals surface area contributed by atoms with Crippen LogP contribution in [0.15, 0.2) is 77.3 Å². The van der Waals surface area contributed by atoms with Crippen LogP contribution in [0.4, 0.5) is 0 Å². The fourth-order valence-corrected chi connectivity index (χ4v) is 3.57. The van der Waals surface area contributed by atoms with Gasteiger partial charge in [0.05, 0.1) is 5.92 Å². The third kappa shape index (κ3) is 2.91. The third-order valence-corrected chi connectivity index (χ3v) is 5.03. The maximum Gasteiger partial charge on any atom is 0.269 e. The molecule has 3 aromatic carbocycles. The number of amides is 2. The van der Waals surface area contributed by atoms with Crippen LogP contribution in [0.25, 0.3) is 11.1 Å². The quantitative estimate of drug-likeness (QED) is 0.631. The van der Waals surface area contributed by atoms with Gasteiger partial charge in [0.15, 0.2) is 0 Å². The maximum absolute atomic E-state index is 12.8. The molecular weight excluding hydrogens is 392 g/mol. The Morgan fingerprint density at radius 1 is 0.731 bits per heavy atom. The molecule has 0 fully saturated rings. The minimum atomic E-state index is -0.437. The Kier molecular flexibility index (Phi) is 4.31. The first-order valence-electron chi connectivity index (χ1n) is 8.19. The van der Waals surface area contributed by atoms with Gasteiger partial charge in [-0.2, -0.15) is 0 Å². The summed E-state index contributed by atoms with van der Waals surface area (Å²) >= 11 is 3.33. The highest BCUT2D eigenvalue weighted by atomic mass is 79.9. The largest absolute Gasteiger partial charge is 0.272 e. The van der Waals surface area contributed by atoms with Crippen LogP contribution in [-0.2, 0) is 4.79 Å². The number of hydrazine groups is 1. The van der Waals surface area contributed by atoms with Crippen LogP contribution >= 0.6 is 15.9 Å². The Hall–Kier alpha value is -2.92. The van der Waals surface area contributed by atoms with Crippen molar-refractivity contribution in [3.05, 3.63) is 94.0 Å². The van der Waals surface area contributed by atoms with E-state index in [2.05, 4.69) is 26.8 Å². The molecule has 1 aliphatic carbocycles. The highest BCUT2D eigenvalue weighted by Crippen LogP contribution is 2.44. The SMILES string of the molecule is O=C(NNC(=O)C1c2ccccc2-c2ccccc21)c1ccc(Br)cc1. The van der Waals surface area contributed by atoms with Crippen molar-refractivity contribution >= 4 is 27.7 Å². The fourth-order valence-electron chi connectivity index (χ4n) is 3.30. The van der Waals surface area contributed by atoms with E-state index in [1.54, 1.807) is 24.3 Å².